The smallest absolute Gasteiger partial charge is 0.150 e. The first-order valence-electron chi connectivity index (χ1n) is 4.74. The van der Waals surface area contributed by atoms with Gasteiger partial charge in [-0.1, -0.05) is 0 Å². The van der Waals surface area contributed by atoms with E-state index in [4.69, 9.17) is 10.5 Å². The number of anilines is 1. The van der Waals surface area contributed by atoms with E-state index >= 15 is 0 Å². The van der Waals surface area contributed by atoms with E-state index in [0.29, 0.717) is 16.0 Å². The number of rotatable bonds is 2. The first kappa shape index (κ1) is 11.9. The number of halogens is 3. The third-order valence-corrected chi connectivity index (χ3v) is 2.71. The lowest BCUT2D eigenvalue weighted by molar-refractivity contribution is 0.478. The van der Waals surface area contributed by atoms with E-state index in [9.17, 15) is 8.78 Å². The zero-order valence-electron chi connectivity index (χ0n) is 8.58. The van der Waals surface area contributed by atoms with Gasteiger partial charge in [0.05, 0.1) is 10.2 Å². The van der Waals surface area contributed by atoms with Crippen molar-refractivity contribution in [3.63, 3.8) is 0 Å². The quantitative estimate of drug-likeness (QED) is 0.847. The number of hydrogen-bond acceptors (Lipinski definition) is 2. The lowest BCUT2D eigenvalue weighted by atomic mass is 10.3. The average Bonchev–Trinajstić information content (AvgIpc) is 2.25. The van der Waals surface area contributed by atoms with Crippen molar-refractivity contribution >= 4 is 21.6 Å². The van der Waals surface area contributed by atoms with Crippen LogP contribution in [0.5, 0.6) is 11.5 Å². The van der Waals surface area contributed by atoms with Gasteiger partial charge in [0.1, 0.15) is 17.4 Å². The summed E-state index contributed by atoms with van der Waals surface area (Å²) >= 11 is 3.16. The molecule has 0 bridgehead atoms. The maximum atomic E-state index is 12.9. The highest BCUT2D eigenvalue weighted by molar-refractivity contribution is 9.10. The molecular formula is C12H8BrF2NO. The van der Waals surface area contributed by atoms with Crippen molar-refractivity contribution in [2.75, 3.05) is 5.73 Å². The van der Waals surface area contributed by atoms with Gasteiger partial charge < -0.3 is 10.5 Å². The van der Waals surface area contributed by atoms with Crippen LogP contribution in [0.2, 0.25) is 0 Å². The monoisotopic (exact) mass is 299 g/mol. The van der Waals surface area contributed by atoms with Crippen LogP contribution < -0.4 is 10.5 Å². The molecule has 0 saturated carbocycles. The summed E-state index contributed by atoms with van der Waals surface area (Å²) in [6, 6.07) is 7.81. The molecule has 0 aliphatic carbocycles. The normalized spacial score (nSPS) is 10.3. The maximum absolute atomic E-state index is 12.9. The molecule has 0 aliphatic rings. The van der Waals surface area contributed by atoms with Gasteiger partial charge in [-0.25, -0.2) is 8.78 Å². The Morgan fingerprint density at radius 3 is 2.12 bits per heavy atom. The van der Waals surface area contributed by atoms with Gasteiger partial charge >= 0.3 is 0 Å². The van der Waals surface area contributed by atoms with E-state index < -0.39 is 5.82 Å². The van der Waals surface area contributed by atoms with Crippen LogP contribution in [0, 0.1) is 11.6 Å². The summed E-state index contributed by atoms with van der Waals surface area (Å²) in [6.07, 6.45) is 0. The molecule has 0 saturated heterocycles. The van der Waals surface area contributed by atoms with Gasteiger partial charge in [-0.15, -0.1) is 0 Å². The third kappa shape index (κ3) is 2.74. The summed E-state index contributed by atoms with van der Waals surface area (Å²) in [7, 11) is 0. The van der Waals surface area contributed by atoms with Crippen LogP contribution in [0.25, 0.3) is 0 Å². The molecule has 0 aliphatic heterocycles. The fourth-order valence-corrected chi connectivity index (χ4v) is 1.72. The molecule has 0 atom stereocenters. The predicted octanol–water partition coefficient (Wildman–Crippen LogP) is 4.10. The van der Waals surface area contributed by atoms with E-state index in [-0.39, 0.29) is 11.5 Å². The predicted molar refractivity (Wildman–Crippen MR) is 65.0 cm³/mol. The van der Waals surface area contributed by atoms with Gasteiger partial charge in [0.2, 0.25) is 0 Å². The molecule has 2 rings (SSSR count). The molecular weight excluding hydrogens is 292 g/mol. The van der Waals surface area contributed by atoms with Crippen molar-refractivity contribution in [1.29, 1.82) is 0 Å². The molecule has 0 heterocycles. The zero-order valence-corrected chi connectivity index (χ0v) is 10.2. The molecule has 0 fully saturated rings. The first-order chi connectivity index (χ1) is 8.06. The summed E-state index contributed by atoms with van der Waals surface area (Å²) in [4.78, 5) is 0. The van der Waals surface area contributed by atoms with Crippen molar-refractivity contribution in [3.05, 3.63) is 52.5 Å². The minimum atomic E-state index is -0.437. The van der Waals surface area contributed by atoms with Crippen LogP contribution in [-0.4, -0.2) is 0 Å². The van der Waals surface area contributed by atoms with Crippen molar-refractivity contribution in [2.24, 2.45) is 0 Å². The average molecular weight is 300 g/mol. The van der Waals surface area contributed by atoms with Crippen LogP contribution in [0.15, 0.2) is 40.9 Å². The van der Waals surface area contributed by atoms with Crippen LogP contribution >= 0.6 is 15.9 Å². The zero-order chi connectivity index (χ0) is 12.4. The second kappa shape index (κ2) is 4.71. The van der Waals surface area contributed by atoms with Crippen LogP contribution in [0.4, 0.5) is 14.5 Å². The molecule has 2 N–H and O–H groups in total. The minimum Gasteiger partial charge on any atom is -0.454 e. The summed E-state index contributed by atoms with van der Waals surface area (Å²) in [5.74, 6) is -0.0901. The number of nitrogens with two attached hydrogens (primary N) is 1. The molecule has 0 spiro atoms. The molecule has 17 heavy (non-hydrogen) atoms. The lowest BCUT2D eigenvalue weighted by Gasteiger charge is -2.09. The molecule has 2 aromatic carbocycles. The number of ether oxygens (including phenoxy) is 1. The Kier molecular flexibility index (Phi) is 3.28. The van der Waals surface area contributed by atoms with Crippen molar-refractivity contribution in [2.45, 2.75) is 0 Å². The van der Waals surface area contributed by atoms with Gasteiger partial charge in [0, 0.05) is 6.07 Å². The van der Waals surface area contributed by atoms with Crippen LogP contribution in [0.3, 0.4) is 0 Å². The van der Waals surface area contributed by atoms with Crippen LogP contribution in [0.1, 0.15) is 0 Å². The highest BCUT2D eigenvalue weighted by Crippen LogP contribution is 2.33. The fourth-order valence-electron chi connectivity index (χ4n) is 1.29. The summed E-state index contributed by atoms with van der Waals surface area (Å²) in [5, 5.41) is 0. The van der Waals surface area contributed by atoms with E-state index in [1.807, 2.05) is 0 Å². The van der Waals surface area contributed by atoms with Crippen molar-refractivity contribution in [1.82, 2.24) is 0 Å². The number of benzene rings is 2. The van der Waals surface area contributed by atoms with E-state index in [0.717, 1.165) is 6.07 Å². The molecule has 88 valence electrons. The third-order valence-electron chi connectivity index (χ3n) is 2.09. The van der Waals surface area contributed by atoms with E-state index in [1.54, 1.807) is 0 Å². The minimum absolute atomic E-state index is 0.182. The Bertz CT molecular complexity index is 511. The second-order valence-electron chi connectivity index (χ2n) is 3.36. The second-order valence-corrected chi connectivity index (χ2v) is 4.21. The standard InChI is InChI=1S/C12H8BrF2NO/c13-9-5-7(14)1-3-11(9)17-12-4-2-8(15)6-10(12)16/h1-6H,16H2. The van der Waals surface area contributed by atoms with Gasteiger partial charge in [0.25, 0.3) is 0 Å². The molecule has 5 heteroatoms. The molecule has 2 aromatic rings. The van der Waals surface area contributed by atoms with Crippen molar-refractivity contribution in [3.8, 4) is 11.5 Å². The summed E-state index contributed by atoms with van der Waals surface area (Å²) in [5.41, 5.74) is 5.78. The Labute approximate surface area is 105 Å². The SMILES string of the molecule is Nc1cc(F)ccc1Oc1ccc(F)cc1Br. The number of nitrogen functional groups attached to an aromatic ring is 1. The molecule has 0 amide bonds. The van der Waals surface area contributed by atoms with E-state index in [1.165, 1.54) is 30.3 Å². The topological polar surface area (TPSA) is 35.2 Å². The molecule has 0 unspecified atom stereocenters. The van der Waals surface area contributed by atoms with Gasteiger partial charge in [0.15, 0.2) is 5.75 Å². The fraction of sp³-hybridized carbons (Fsp3) is 0. The molecule has 0 aromatic heterocycles. The van der Waals surface area contributed by atoms with Crippen molar-refractivity contribution < 1.29 is 13.5 Å². The van der Waals surface area contributed by atoms with Crippen LogP contribution in [-0.2, 0) is 0 Å². The Hall–Kier alpha value is -1.62. The van der Waals surface area contributed by atoms with Gasteiger partial charge in [-0.3, -0.25) is 0 Å². The molecule has 0 radical (unpaired) electrons. The number of hydrogen-bond donors (Lipinski definition) is 1. The Balaban J connectivity index is 2.31. The Morgan fingerprint density at radius 1 is 0.941 bits per heavy atom. The Morgan fingerprint density at radius 2 is 1.53 bits per heavy atom. The first-order valence-corrected chi connectivity index (χ1v) is 5.53. The summed E-state index contributed by atoms with van der Waals surface area (Å²) in [6.45, 7) is 0. The largest absolute Gasteiger partial charge is 0.454 e. The van der Waals surface area contributed by atoms with E-state index in [2.05, 4.69) is 15.9 Å². The highest BCUT2D eigenvalue weighted by Gasteiger charge is 2.07. The lowest BCUT2D eigenvalue weighted by Crippen LogP contribution is -1.93. The summed E-state index contributed by atoms with van der Waals surface area (Å²) < 4.78 is 31.6. The van der Waals surface area contributed by atoms with Gasteiger partial charge in [-0.05, 0) is 46.3 Å². The highest BCUT2D eigenvalue weighted by atomic mass is 79.9. The van der Waals surface area contributed by atoms with Gasteiger partial charge in [-0.2, -0.15) is 0 Å². The molecule has 2 nitrogen and oxygen atoms in total. The maximum Gasteiger partial charge on any atom is 0.150 e.